The number of benzene rings is 1. The largest absolute Gasteiger partial charge is 0.497 e. The van der Waals surface area contributed by atoms with Gasteiger partial charge in [0.05, 0.1) is 61.2 Å². The number of aromatic nitrogens is 3. The van der Waals surface area contributed by atoms with E-state index in [4.69, 9.17) is 35.5 Å². The Kier molecular flexibility index (Phi) is 6.53. The Morgan fingerprint density at radius 2 is 1.88 bits per heavy atom. The summed E-state index contributed by atoms with van der Waals surface area (Å²) in [4.78, 5) is 30.6. The number of carbonyl (C=O) groups is 2. The summed E-state index contributed by atoms with van der Waals surface area (Å²) in [6, 6.07) is 5.32. The molecule has 0 bridgehead atoms. The van der Waals surface area contributed by atoms with Crippen LogP contribution >= 0.6 is 11.6 Å². The van der Waals surface area contributed by atoms with E-state index in [1.807, 2.05) is 13.0 Å². The standard InChI is InChI=1S/C23H24ClN3O6/c1-5-32-22(28)19(23(29)33-6-2)20-15-10-31-11-17(15)25-21-18(12(3)26-27(20)21)14-8-7-13(30-4)9-16(14)24/h7-9,19H,5-6,10-11H2,1-4H3. The molecule has 0 radical (unpaired) electrons. The van der Waals surface area contributed by atoms with Crippen molar-refractivity contribution in [3.05, 3.63) is 45.9 Å². The molecular formula is C23H24ClN3O6. The molecule has 2 aromatic heterocycles. The van der Waals surface area contributed by atoms with Gasteiger partial charge in [0.25, 0.3) is 0 Å². The van der Waals surface area contributed by atoms with Gasteiger partial charge in [0, 0.05) is 11.1 Å². The lowest BCUT2D eigenvalue weighted by Gasteiger charge is -2.18. The Hall–Kier alpha value is -3.17. The number of halogens is 1. The molecular weight excluding hydrogens is 450 g/mol. The van der Waals surface area contributed by atoms with E-state index >= 15 is 0 Å². The van der Waals surface area contributed by atoms with E-state index < -0.39 is 17.9 Å². The SMILES string of the molecule is CCOC(=O)C(C(=O)OCC)c1c2c(nc3c(-c4ccc(OC)cc4Cl)c(C)nn13)COC2. The zero-order valence-electron chi connectivity index (χ0n) is 18.8. The van der Waals surface area contributed by atoms with E-state index in [1.165, 1.54) is 4.52 Å². The maximum atomic E-state index is 12.9. The monoisotopic (exact) mass is 473 g/mol. The van der Waals surface area contributed by atoms with E-state index in [1.54, 1.807) is 33.1 Å². The molecule has 0 unspecified atom stereocenters. The van der Waals surface area contributed by atoms with Crippen LogP contribution in [0.4, 0.5) is 0 Å². The summed E-state index contributed by atoms with van der Waals surface area (Å²) < 4.78 is 22.8. The summed E-state index contributed by atoms with van der Waals surface area (Å²) in [7, 11) is 1.56. The van der Waals surface area contributed by atoms with Crippen LogP contribution in [-0.2, 0) is 37.0 Å². The van der Waals surface area contributed by atoms with Gasteiger partial charge in [-0.1, -0.05) is 11.6 Å². The predicted molar refractivity (Wildman–Crippen MR) is 119 cm³/mol. The highest BCUT2D eigenvalue weighted by Gasteiger charge is 2.39. The number of methoxy groups -OCH3 is 1. The Labute approximate surface area is 195 Å². The van der Waals surface area contributed by atoms with Crippen LogP contribution in [0.2, 0.25) is 5.02 Å². The van der Waals surface area contributed by atoms with Crippen LogP contribution in [-0.4, -0.2) is 46.9 Å². The first-order chi connectivity index (χ1) is 15.9. The molecule has 1 aromatic carbocycles. The fourth-order valence-electron chi connectivity index (χ4n) is 3.99. The first-order valence-corrected chi connectivity index (χ1v) is 10.9. The summed E-state index contributed by atoms with van der Waals surface area (Å²) in [6.07, 6.45) is 0. The summed E-state index contributed by atoms with van der Waals surface area (Å²) in [5.41, 5.74) is 4.06. The van der Waals surface area contributed by atoms with Gasteiger partial charge in [0.15, 0.2) is 11.6 Å². The van der Waals surface area contributed by atoms with Crippen molar-refractivity contribution < 1.29 is 28.5 Å². The van der Waals surface area contributed by atoms with Crippen molar-refractivity contribution >= 4 is 29.2 Å². The number of aryl methyl sites for hydroxylation is 1. The summed E-state index contributed by atoms with van der Waals surface area (Å²) in [6.45, 7) is 5.85. The molecule has 3 aromatic rings. The Bertz CT molecular complexity index is 1220. The Balaban J connectivity index is 2.01. The third kappa shape index (κ3) is 4.02. The second-order valence-electron chi connectivity index (χ2n) is 7.39. The third-order valence-corrected chi connectivity index (χ3v) is 5.72. The van der Waals surface area contributed by atoms with Gasteiger partial charge in [0.1, 0.15) is 5.75 Å². The highest BCUT2D eigenvalue weighted by molar-refractivity contribution is 6.33. The van der Waals surface area contributed by atoms with Crippen LogP contribution in [0.3, 0.4) is 0 Å². The van der Waals surface area contributed by atoms with E-state index in [9.17, 15) is 9.59 Å². The van der Waals surface area contributed by atoms with Crippen molar-refractivity contribution in [3.8, 4) is 16.9 Å². The van der Waals surface area contributed by atoms with E-state index in [2.05, 4.69) is 5.10 Å². The second-order valence-corrected chi connectivity index (χ2v) is 7.80. The molecule has 0 spiro atoms. The molecule has 0 amide bonds. The molecule has 1 aliphatic rings. The highest BCUT2D eigenvalue weighted by atomic mass is 35.5. The van der Waals surface area contributed by atoms with Crippen molar-refractivity contribution in [2.24, 2.45) is 0 Å². The van der Waals surface area contributed by atoms with Crippen molar-refractivity contribution in [2.45, 2.75) is 39.9 Å². The number of fused-ring (bicyclic) bond motifs is 2. The minimum Gasteiger partial charge on any atom is -0.497 e. The van der Waals surface area contributed by atoms with Gasteiger partial charge >= 0.3 is 11.9 Å². The van der Waals surface area contributed by atoms with Crippen LogP contribution < -0.4 is 4.74 Å². The second kappa shape index (κ2) is 9.36. The van der Waals surface area contributed by atoms with Crippen LogP contribution in [0.5, 0.6) is 5.75 Å². The maximum Gasteiger partial charge on any atom is 0.326 e. The number of esters is 2. The van der Waals surface area contributed by atoms with Gasteiger partial charge in [-0.25, -0.2) is 9.50 Å². The van der Waals surface area contributed by atoms with Gasteiger partial charge in [0.2, 0.25) is 0 Å². The van der Waals surface area contributed by atoms with E-state index in [-0.39, 0.29) is 26.4 Å². The fraction of sp³-hybridized carbons (Fsp3) is 0.391. The molecule has 1 aliphatic heterocycles. The Morgan fingerprint density at radius 1 is 1.18 bits per heavy atom. The molecule has 4 rings (SSSR count). The van der Waals surface area contributed by atoms with Gasteiger partial charge in [-0.2, -0.15) is 5.10 Å². The lowest BCUT2D eigenvalue weighted by atomic mass is 9.99. The number of rotatable bonds is 7. The zero-order chi connectivity index (χ0) is 23.7. The molecule has 0 aliphatic carbocycles. The highest BCUT2D eigenvalue weighted by Crippen LogP contribution is 2.38. The number of nitrogens with zero attached hydrogens (tertiary/aromatic N) is 3. The minimum absolute atomic E-state index is 0.118. The summed E-state index contributed by atoms with van der Waals surface area (Å²) in [5, 5.41) is 5.11. The molecule has 174 valence electrons. The molecule has 3 heterocycles. The Morgan fingerprint density at radius 3 is 2.48 bits per heavy atom. The normalized spacial score (nSPS) is 12.8. The average molecular weight is 474 g/mol. The molecule has 33 heavy (non-hydrogen) atoms. The van der Waals surface area contributed by atoms with E-state index in [0.717, 1.165) is 0 Å². The van der Waals surface area contributed by atoms with Crippen molar-refractivity contribution in [3.63, 3.8) is 0 Å². The minimum atomic E-state index is -1.33. The lowest BCUT2D eigenvalue weighted by Crippen LogP contribution is -2.29. The topological polar surface area (TPSA) is 101 Å². The quantitative estimate of drug-likeness (QED) is 0.379. The smallest absolute Gasteiger partial charge is 0.326 e. The zero-order valence-corrected chi connectivity index (χ0v) is 19.6. The lowest BCUT2D eigenvalue weighted by molar-refractivity contribution is -0.157. The van der Waals surface area contributed by atoms with Crippen LogP contribution in [0.15, 0.2) is 18.2 Å². The molecule has 10 heteroatoms. The fourth-order valence-corrected chi connectivity index (χ4v) is 4.26. The molecule has 0 saturated carbocycles. The molecule has 0 fully saturated rings. The summed E-state index contributed by atoms with van der Waals surface area (Å²) in [5.74, 6) is -2.14. The number of carbonyl (C=O) groups excluding carboxylic acids is 2. The van der Waals surface area contributed by atoms with E-state index in [0.29, 0.717) is 50.2 Å². The molecule has 0 N–H and O–H groups in total. The average Bonchev–Trinajstić information content (AvgIpc) is 3.37. The van der Waals surface area contributed by atoms with Gasteiger partial charge < -0.3 is 18.9 Å². The van der Waals surface area contributed by atoms with Crippen molar-refractivity contribution in [1.82, 2.24) is 14.6 Å². The first-order valence-electron chi connectivity index (χ1n) is 10.6. The van der Waals surface area contributed by atoms with Crippen LogP contribution in [0.25, 0.3) is 16.8 Å². The predicted octanol–water partition coefficient (Wildman–Crippen LogP) is 3.61. The molecule has 9 nitrogen and oxygen atoms in total. The first kappa shape index (κ1) is 23.0. The third-order valence-electron chi connectivity index (χ3n) is 5.41. The maximum absolute atomic E-state index is 12.9. The number of hydrogen-bond donors (Lipinski definition) is 0. The number of hydrogen-bond acceptors (Lipinski definition) is 8. The molecule has 0 saturated heterocycles. The molecule has 0 atom stereocenters. The van der Waals surface area contributed by atoms with Gasteiger partial charge in [-0.15, -0.1) is 0 Å². The van der Waals surface area contributed by atoms with Gasteiger partial charge in [-0.05, 0) is 39.0 Å². The van der Waals surface area contributed by atoms with Crippen molar-refractivity contribution in [1.29, 1.82) is 0 Å². The summed E-state index contributed by atoms with van der Waals surface area (Å²) >= 11 is 6.56. The number of ether oxygens (including phenoxy) is 4. The van der Waals surface area contributed by atoms with Gasteiger partial charge in [-0.3, -0.25) is 9.59 Å². The van der Waals surface area contributed by atoms with Crippen molar-refractivity contribution in [2.75, 3.05) is 20.3 Å². The van der Waals surface area contributed by atoms with Crippen LogP contribution in [0, 0.1) is 6.92 Å². The van der Waals surface area contributed by atoms with Crippen LogP contribution in [0.1, 0.15) is 42.4 Å².